The molecule has 5 nitrogen and oxygen atoms in total. The van der Waals surface area contributed by atoms with Crippen LogP contribution in [-0.4, -0.2) is 24.2 Å². The fraction of sp³-hybridized carbons (Fsp3) is 0.500. The maximum atomic E-state index is 10.5. The van der Waals surface area contributed by atoms with Crippen LogP contribution in [0.2, 0.25) is 0 Å². The summed E-state index contributed by atoms with van der Waals surface area (Å²) in [6.45, 7) is 1.83. The van der Waals surface area contributed by atoms with Crippen LogP contribution in [0, 0.1) is 6.92 Å². The molecule has 0 aliphatic heterocycles. The summed E-state index contributed by atoms with van der Waals surface area (Å²) in [4.78, 5) is 10.5. The van der Waals surface area contributed by atoms with Crippen LogP contribution in [0.25, 0.3) is 0 Å². The number of hydrogen-bond donors (Lipinski definition) is 3. The van der Waals surface area contributed by atoms with Gasteiger partial charge in [-0.15, -0.1) is 0 Å². The lowest BCUT2D eigenvalue weighted by Crippen LogP contribution is -2.37. The second-order valence-corrected chi connectivity index (χ2v) is 3.48. The van der Waals surface area contributed by atoms with Crippen molar-refractivity contribution in [2.45, 2.75) is 25.4 Å². The van der Waals surface area contributed by atoms with Crippen molar-refractivity contribution in [3.63, 3.8) is 0 Å². The van der Waals surface area contributed by atoms with Crippen molar-refractivity contribution < 1.29 is 14.3 Å². The first-order valence-electron chi connectivity index (χ1n) is 4.75. The number of nitrogens with two attached hydrogens (primary N) is 1. The molecular formula is C10H16N2O3. The molecule has 0 amide bonds. The summed E-state index contributed by atoms with van der Waals surface area (Å²) in [6.07, 6.45) is -0.0920. The predicted molar refractivity (Wildman–Crippen MR) is 55.5 cm³/mol. The van der Waals surface area contributed by atoms with E-state index in [4.69, 9.17) is 15.3 Å². The molecule has 0 bridgehead atoms. The summed E-state index contributed by atoms with van der Waals surface area (Å²) in [7, 11) is 1.73. The molecule has 15 heavy (non-hydrogen) atoms. The minimum Gasteiger partial charge on any atom is -0.481 e. The van der Waals surface area contributed by atoms with E-state index in [1.807, 2.05) is 13.0 Å². The molecule has 1 aromatic heterocycles. The Kier molecular flexibility index (Phi) is 3.88. The van der Waals surface area contributed by atoms with Crippen LogP contribution in [0.3, 0.4) is 0 Å². The number of aliphatic carboxylic acids is 1. The Bertz CT molecular complexity index is 335. The average molecular weight is 212 g/mol. The van der Waals surface area contributed by atoms with Gasteiger partial charge < -0.3 is 20.6 Å². The summed E-state index contributed by atoms with van der Waals surface area (Å²) in [5, 5.41) is 11.6. The molecule has 1 rings (SSSR count). The van der Waals surface area contributed by atoms with Gasteiger partial charge in [-0.25, -0.2) is 0 Å². The zero-order valence-electron chi connectivity index (χ0n) is 8.86. The summed E-state index contributed by atoms with van der Waals surface area (Å²) in [5.74, 6) is 0.544. The molecule has 0 fully saturated rings. The van der Waals surface area contributed by atoms with Crippen molar-refractivity contribution in [3.8, 4) is 0 Å². The number of carbonyl (C=O) groups is 1. The molecule has 0 saturated carbocycles. The highest BCUT2D eigenvalue weighted by atomic mass is 16.4. The topological polar surface area (TPSA) is 88.5 Å². The minimum atomic E-state index is -0.911. The van der Waals surface area contributed by atoms with Gasteiger partial charge in [-0.2, -0.15) is 0 Å². The highest BCUT2D eigenvalue weighted by Gasteiger charge is 2.23. The Hall–Kier alpha value is -1.33. The smallest absolute Gasteiger partial charge is 0.304 e. The van der Waals surface area contributed by atoms with Gasteiger partial charge in [0.25, 0.3) is 0 Å². The third-order valence-corrected chi connectivity index (χ3v) is 2.22. The Balaban J connectivity index is 2.74. The monoisotopic (exact) mass is 212 g/mol. The zero-order chi connectivity index (χ0) is 11.4. The van der Waals surface area contributed by atoms with Gasteiger partial charge in [0.1, 0.15) is 11.5 Å². The fourth-order valence-electron chi connectivity index (χ4n) is 1.51. The van der Waals surface area contributed by atoms with Crippen LogP contribution in [0.4, 0.5) is 0 Å². The quantitative estimate of drug-likeness (QED) is 0.667. The lowest BCUT2D eigenvalue weighted by molar-refractivity contribution is -0.137. The molecule has 1 heterocycles. The normalized spacial score (nSPS) is 14.9. The van der Waals surface area contributed by atoms with Crippen molar-refractivity contribution in [1.29, 1.82) is 0 Å². The SMILES string of the molecule is CNC(c1ccc(C)o1)C(N)CC(=O)O. The van der Waals surface area contributed by atoms with Crippen LogP contribution in [0.1, 0.15) is 24.0 Å². The molecule has 2 atom stereocenters. The van der Waals surface area contributed by atoms with Crippen molar-refractivity contribution in [3.05, 3.63) is 23.7 Å². The molecular weight excluding hydrogens is 196 g/mol. The summed E-state index contributed by atoms with van der Waals surface area (Å²) in [6, 6.07) is 2.86. The Morgan fingerprint density at radius 2 is 2.33 bits per heavy atom. The summed E-state index contributed by atoms with van der Waals surface area (Å²) >= 11 is 0. The van der Waals surface area contributed by atoms with E-state index in [1.165, 1.54) is 0 Å². The van der Waals surface area contributed by atoms with Gasteiger partial charge in [-0.1, -0.05) is 0 Å². The molecule has 0 radical (unpaired) electrons. The van der Waals surface area contributed by atoms with Crippen LogP contribution in [-0.2, 0) is 4.79 Å². The number of furan rings is 1. The van der Waals surface area contributed by atoms with E-state index in [9.17, 15) is 4.79 Å². The first kappa shape index (κ1) is 11.7. The van der Waals surface area contributed by atoms with Crippen molar-refractivity contribution in [2.24, 2.45) is 5.73 Å². The number of aryl methyl sites for hydroxylation is 1. The molecule has 0 spiro atoms. The van der Waals surface area contributed by atoms with E-state index in [0.29, 0.717) is 5.76 Å². The van der Waals surface area contributed by atoms with Gasteiger partial charge >= 0.3 is 5.97 Å². The summed E-state index contributed by atoms with van der Waals surface area (Å²) < 4.78 is 5.40. The molecule has 0 aliphatic rings. The zero-order valence-corrected chi connectivity index (χ0v) is 8.86. The molecule has 1 aromatic rings. The number of rotatable bonds is 5. The number of likely N-dealkylation sites (N-methyl/N-ethyl adjacent to an activating group) is 1. The second-order valence-electron chi connectivity index (χ2n) is 3.48. The van der Waals surface area contributed by atoms with Crippen molar-refractivity contribution >= 4 is 5.97 Å². The van der Waals surface area contributed by atoms with Gasteiger partial charge in [0.15, 0.2) is 0 Å². The van der Waals surface area contributed by atoms with Gasteiger partial charge in [0, 0.05) is 6.04 Å². The van der Waals surface area contributed by atoms with Crippen LogP contribution >= 0.6 is 0 Å². The lowest BCUT2D eigenvalue weighted by atomic mass is 10.0. The minimum absolute atomic E-state index is 0.0920. The third kappa shape index (κ3) is 3.07. The molecule has 5 heteroatoms. The van der Waals surface area contributed by atoms with E-state index in [1.54, 1.807) is 13.1 Å². The van der Waals surface area contributed by atoms with E-state index in [0.717, 1.165) is 5.76 Å². The van der Waals surface area contributed by atoms with Crippen LogP contribution in [0.5, 0.6) is 0 Å². The van der Waals surface area contributed by atoms with E-state index >= 15 is 0 Å². The molecule has 4 N–H and O–H groups in total. The van der Waals surface area contributed by atoms with Crippen molar-refractivity contribution in [1.82, 2.24) is 5.32 Å². The number of nitrogens with one attached hydrogen (secondary N) is 1. The molecule has 0 saturated heterocycles. The van der Waals surface area contributed by atoms with Gasteiger partial charge in [0.2, 0.25) is 0 Å². The summed E-state index contributed by atoms with van der Waals surface area (Å²) in [5.41, 5.74) is 5.77. The van der Waals surface area contributed by atoms with E-state index < -0.39 is 12.0 Å². The number of hydrogen-bond acceptors (Lipinski definition) is 4. The Morgan fingerprint density at radius 1 is 1.67 bits per heavy atom. The standard InChI is InChI=1S/C10H16N2O3/c1-6-3-4-8(15-6)10(12-2)7(11)5-9(13)14/h3-4,7,10,12H,5,11H2,1-2H3,(H,13,14). The Labute approximate surface area is 88.3 Å². The number of carboxylic acids is 1. The van der Waals surface area contributed by atoms with E-state index in [-0.39, 0.29) is 12.5 Å². The molecule has 2 unspecified atom stereocenters. The predicted octanol–water partition coefficient (Wildman–Crippen LogP) is 0.651. The van der Waals surface area contributed by atoms with E-state index in [2.05, 4.69) is 5.32 Å². The number of carboxylic acid groups (broad SMARTS) is 1. The fourth-order valence-corrected chi connectivity index (χ4v) is 1.51. The molecule has 0 aliphatic carbocycles. The molecule has 0 aromatic carbocycles. The lowest BCUT2D eigenvalue weighted by Gasteiger charge is -2.19. The Morgan fingerprint density at radius 3 is 2.73 bits per heavy atom. The maximum absolute atomic E-state index is 10.5. The average Bonchev–Trinajstić information content (AvgIpc) is 2.51. The van der Waals surface area contributed by atoms with Gasteiger partial charge in [0.05, 0.1) is 12.5 Å². The third-order valence-electron chi connectivity index (χ3n) is 2.22. The highest BCUT2D eigenvalue weighted by molar-refractivity contribution is 5.67. The van der Waals surface area contributed by atoms with Crippen LogP contribution < -0.4 is 11.1 Å². The molecule has 84 valence electrons. The van der Waals surface area contributed by atoms with Gasteiger partial charge in [-0.05, 0) is 26.1 Å². The van der Waals surface area contributed by atoms with Gasteiger partial charge in [-0.3, -0.25) is 4.79 Å². The maximum Gasteiger partial charge on any atom is 0.304 e. The largest absolute Gasteiger partial charge is 0.481 e. The highest BCUT2D eigenvalue weighted by Crippen LogP contribution is 2.19. The van der Waals surface area contributed by atoms with Crippen LogP contribution in [0.15, 0.2) is 16.5 Å². The second kappa shape index (κ2) is 4.95. The first-order valence-corrected chi connectivity index (χ1v) is 4.75. The first-order chi connectivity index (χ1) is 7.04. The van der Waals surface area contributed by atoms with Crippen molar-refractivity contribution in [2.75, 3.05) is 7.05 Å².